The van der Waals surface area contributed by atoms with Crippen LogP contribution in [-0.4, -0.2) is 29.7 Å². The van der Waals surface area contributed by atoms with Gasteiger partial charge in [-0.15, -0.1) is 0 Å². The fraction of sp³-hybridized carbons (Fsp3) is 0.588. The zero-order chi connectivity index (χ0) is 15.5. The fourth-order valence-electron chi connectivity index (χ4n) is 2.72. The maximum Gasteiger partial charge on any atom is 0.410 e. The fourth-order valence-corrected chi connectivity index (χ4v) is 2.93. The molecule has 2 rings (SSSR count). The Morgan fingerprint density at radius 3 is 2.86 bits per heavy atom. The average Bonchev–Trinajstić information content (AvgIpc) is 2.37. The summed E-state index contributed by atoms with van der Waals surface area (Å²) in [4.78, 5) is 14.0. The van der Waals surface area contributed by atoms with Crippen molar-refractivity contribution >= 4 is 17.7 Å². The molecule has 0 spiro atoms. The van der Waals surface area contributed by atoms with Gasteiger partial charge in [0.15, 0.2) is 0 Å². The third-order valence-electron chi connectivity index (χ3n) is 3.58. The van der Waals surface area contributed by atoms with Crippen LogP contribution in [0.3, 0.4) is 0 Å². The molecule has 1 saturated heterocycles. The van der Waals surface area contributed by atoms with Crippen molar-refractivity contribution in [3.05, 3.63) is 34.9 Å². The molecule has 1 aromatic carbocycles. The van der Waals surface area contributed by atoms with E-state index in [0.29, 0.717) is 5.92 Å². The van der Waals surface area contributed by atoms with Crippen molar-refractivity contribution in [2.45, 2.75) is 45.6 Å². The largest absolute Gasteiger partial charge is 0.444 e. The Bertz CT molecular complexity index is 496. The van der Waals surface area contributed by atoms with Crippen LogP contribution >= 0.6 is 11.6 Å². The molecule has 1 aliphatic heterocycles. The van der Waals surface area contributed by atoms with Gasteiger partial charge in [-0.1, -0.05) is 23.7 Å². The number of ether oxygens (including phenoxy) is 1. The molecule has 1 amide bonds. The quantitative estimate of drug-likeness (QED) is 0.803. The van der Waals surface area contributed by atoms with Gasteiger partial charge in [0.2, 0.25) is 0 Å². The summed E-state index contributed by atoms with van der Waals surface area (Å²) in [5.74, 6) is 0.477. The van der Waals surface area contributed by atoms with Crippen molar-refractivity contribution in [1.29, 1.82) is 0 Å². The Kier molecular flexibility index (Phi) is 5.15. The van der Waals surface area contributed by atoms with E-state index in [4.69, 9.17) is 16.3 Å². The van der Waals surface area contributed by atoms with Crippen LogP contribution in [0.4, 0.5) is 4.79 Å². The number of nitrogens with zero attached hydrogens (tertiary/aromatic N) is 1. The second kappa shape index (κ2) is 6.69. The molecule has 0 aliphatic carbocycles. The van der Waals surface area contributed by atoms with Crippen LogP contribution in [-0.2, 0) is 11.2 Å². The predicted octanol–water partition coefficient (Wildman–Crippen LogP) is 4.53. The summed E-state index contributed by atoms with van der Waals surface area (Å²) in [7, 11) is 0. The van der Waals surface area contributed by atoms with Crippen molar-refractivity contribution in [3.8, 4) is 0 Å². The zero-order valence-corrected chi connectivity index (χ0v) is 13.8. The normalized spacial score (nSPS) is 19.4. The minimum Gasteiger partial charge on any atom is -0.444 e. The number of hydrogen-bond acceptors (Lipinski definition) is 2. The maximum atomic E-state index is 12.1. The predicted molar refractivity (Wildman–Crippen MR) is 85.7 cm³/mol. The molecule has 4 heteroatoms. The Morgan fingerprint density at radius 2 is 2.19 bits per heavy atom. The van der Waals surface area contributed by atoms with E-state index < -0.39 is 5.60 Å². The number of benzene rings is 1. The highest BCUT2D eigenvalue weighted by Crippen LogP contribution is 2.23. The lowest BCUT2D eigenvalue weighted by Gasteiger charge is -2.34. The first-order valence-electron chi connectivity index (χ1n) is 7.56. The van der Waals surface area contributed by atoms with E-state index in [9.17, 15) is 4.79 Å². The van der Waals surface area contributed by atoms with Crippen LogP contribution in [0.25, 0.3) is 0 Å². The van der Waals surface area contributed by atoms with Gasteiger partial charge in [-0.05, 0) is 63.6 Å². The van der Waals surface area contributed by atoms with E-state index in [1.807, 2.05) is 43.9 Å². The molecular weight excluding hydrogens is 286 g/mol. The molecule has 116 valence electrons. The highest BCUT2D eigenvalue weighted by molar-refractivity contribution is 6.30. The van der Waals surface area contributed by atoms with Crippen molar-refractivity contribution < 1.29 is 9.53 Å². The standard InChI is InChI=1S/C17H24ClNO2/c1-17(2,3)21-16(20)19-9-5-7-14(12-19)10-13-6-4-8-15(18)11-13/h4,6,8,11,14H,5,7,9-10,12H2,1-3H3. The van der Waals surface area contributed by atoms with Gasteiger partial charge in [0, 0.05) is 18.1 Å². The minimum absolute atomic E-state index is 0.196. The van der Waals surface area contributed by atoms with Crippen LogP contribution in [0.2, 0.25) is 5.02 Å². The summed E-state index contributed by atoms with van der Waals surface area (Å²) >= 11 is 6.03. The van der Waals surface area contributed by atoms with Gasteiger partial charge < -0.3 is 9.64 Å². The molecule has 0 aromatic heterocycles. The van der Waals surface area contributed by atoms with Crippen molar-refractivity contribution in [2.24, 2.45) is 5.92 Å². The van der Waals surface area contributed by atoms with Crippen LogP contribution in [0.5, 0.6) is 0 Å². The van der Waals surface area contributed by atoms with Gasteiger partial charge in [0.05, 0.1) is 0 Å². The second-order valence-electron chi connectivity index (χ2n) is 6.77. The first kappa shape index (κ1) is 16.2. The van der Waals surface area contributed by atoms with Crippen LogP contribution in [0, 0.1) is 5.92 Å². The molecule has 1 aliphatic rings. The minimum atomic E-state index is -0.434. The molecular formula is C17H24ClNO2. The van der Waals surface area contributed by atoms with Crippen molar-refractivity contribution in [1.82, 2.24) is 4.90 Å². The number of piperidine rings is 1. The van der Waals surface area contributed by atoms with Gasteiger partial charge in [0.1, 0.15) is 5.60 Å². The van der Waals surface area contributed by atoms with Gasteiger partial charge >= 0.3 is 6.09 Å². The number of amides is 1. The van der Waals surface area contributed by atoms with Crippen molar-refractivity contribution in [2.75, 3.05) is 13.1 Å². The Hall–Kier alpha value is -1.22. The molecule has 1 unspecified atom stereocenters. The Morgan fingerprint density at radius 1 is 1.43 bits per heavy atom. The molecule has 21 heavy (non-hydrogen) atoms. The summed E-state index contributed by atoms with van der Waals surface area (Å²) in [6.07, 6.45) is 2.94. The lowest BCUT2D eigenvalue weighted by molar-refractivity contribution is 0.0166. The molecule has 1 fully saturated rings. The monoisotopic (exact) mass is 309 g/mol. The van der Waals surface area contributed by atoms with Crippen LogP contribution in [0.15, 0.2) is 24.3 Å². The molecule has 0 bridgehead atoms. The highest BCUT2D eigenvalue weighted by Gasteiger charge is 2.27. The summed E-state index contributed by atoms with van der Waals surface area (Å²) < 4.78 is 5.46. The topological polar surface area (TPSA) is 29.5 Å². The molecule has 0 N–H and O–H groups in total. The van der Waals surface area contributed by atoms with Crippen LogP contribution in [0.1, 0.15) is 39.2 Å². The summed E-state index contributed by atoms with van der Waals surface area (Å²) in [6, 6.07) is 7.97. The second-order valence-corrected chi connectivity index (χ2v) is 7.21. The van der Waals surface area contributed by atoms with Crippen LogP contribution < -0.4 is 0 Å². The molecule has 1 atom stereocenters. The molecule has 0 radical (unpaired) electrons. The Labute approximate surface area is 132 Å². The third kappa shape index (κ3) is 5.24. The summed E-state index contributed by atoms with van der Waals surface area (Å²) in [5, 5.41) is 0.771. The number of carbonyl (C=O) groups is 1. The van der Waals surface area contributed by atoms with Gasteiger partial charge in [-0.2, -0.15) is 0 Å². The number of likely N-dealkylation sites (tertiary alicyclic amines) is 1. The average molecular weight is 310 g/mol. The van der Waals surface area contributed by atoms with Gasteiger partial charge in [-0.25, -0.2) is 4.79 Å². The number of carbonyl (C=O) groups excluding carboxylic acids is 1. The van der Waals surface area contributed by atoms with Gasteiger partial charge in [0.25, 0.3) is 0 Å². The molecule has 1 heterocycles. The van der Waals surface area contributed by atoms with E-state index in [0.717, 1.165) is 37.4 Å². The maximum absolute atomic E-state index is 12.1. The van der Waals surface area contributed by atoms with E-state index in [-0.39, 0.29) is 6.09 Å². The lowest BCUT2D eigenvalue weighted by Crippen LogP contribution is -2.43. The SMILES string of the molecule is CC(C)(C)OC(=O)N1CCCC(Cc2cccc(Cl)c2)C1. The smallest absolute Gasteiger partial charge is 0.410 e. The van der Waals surface area contributed by atoms with E-state index in [2.05, 4.69) is 6.07 Å². The van der Waals surface area contributed by atoms with E-state index in [1.165, 1.54) is 5.56 Å². The zero-order valence-electron chi connectivity index (χ0n) is 13.1. The molecule has 3 nitrogen and oxygen atoms in total. The highest BCUT2D eigenvalue weighted by atomic mass is 35.5. The Balaban J connectivity index is 1.93. The summed E-state index contributed by atoms with van der Waals surface area (Å²) in [6.45, 7) is 7.26. The van der Waals surface area contributed by atoms with E-state index >= 15 is 0 Å². The first-order chi connectivity index (χ1) is 9.83. The number of rotatable bonds is 2. The van der Waals surface area contributed by atoms with Gasteiger partial charge in [-0.3, -0.25) is 0 Å². The molecule has 0 saturated carbocycles. The van der Waals surface area contributed by atoms with Crippen molar-refractivity contribution in [3.63, 3.8) is 0 Å². The number of hydrogen-bond donors (Lipinski definition) is 0. The number of halogens is 1. The lowest BCUT2D eigenvalue weighted by atomic mass is 9.91. The van der Waals surface area contributed by atoms with E-state index in [1.54, 1.807) is 0 Å². The summed E-state index contributed by atoms with van der Waals surface area (Å²) in [5.41, 5.74) is 0.801. The third-order valence-corrected chi connectivity index (χ3v) is 3.82. The first-order valence-corrected chi connectivity index (χ1v) is 7.94. The molecule has 1 aromatic rings.